The zero-order valence-electron chi connectivity index (χ0n) is 11.1. The van der Waals surface area contributed by atoms with Crippen molar-refractivity contribution in [2.75, 3.05) is 5.32 Å². The maximum atomic E-state index is 13.6. The molecule has 5 heteroatoms. The molecule has 0 unspecified atom stereocenters. The van der Waals surface area contributed by atoms with E-state index in [1.807, 2.05) is 27.7 Å². The monoisotopic (exact) mass is 254 g/mol. The van der Waals surface area contributed by atoms with Crippen LogP contribution in [0.5, 0.6) is 5.75 Å². The number of benzene rings is 1. The van der Waals surface area contributed by atoms with Crippen LogP contribution in [0.2, 0.25) is 0 Å². The Morgan fingerprint density at radius 2 is 1.94 bits per heavy atom. The number of nitrogens with one attached hydrogen (secondary N) is 2. The van der Waals surface area contributed by atoms with Gasteiger partial charge in [-0.05, 0) is 39.8 Å². The van der Waals surface area contributed by atoms with Crippen molar-refractivity contribution in [3.05, 3.63) is 24.0 Å². The van der Waals surface area contributed by atoms with Gasteiger partial charge in [0.1, 0.15) is 0 Å². The normalized spacial score (nSPS) is 10.6. The minimum absolute atomic E-state index is 0.0263. The zero-order valence-corrected chi connectivity index (χ0v) is 11.1. The lowest BCUT2D eigenvalue weighted by Crippen LogP contribution is -2.34. The second kappa shape index (κ2) is 6.23. The fourth-order valence-electron chi connectivity index (χ4n) is 1.36. The number of amides is 2. The van der Waals surface area contributed by atoms with E-state index in [2.05, 4.69) is 10.6 Å². The Morgan fingerprint density at radius 3 is 2.44 bits per heavy atom. The summed E-state index contributed by atoms with van der Waals surface area (Å²) in [6, 6.07) is 4.00. The van der Waals surface area contributed by atoms with Gasteiger partial charge in [0, 0.05) is 17.8 Å². The fraction of sp³-hybridized carbons (Fsp3) is 0.462. The fourth-order valence-corrected chi connectivity index (χ4v) is 1.36. The van der Waals surface area contributed by atoms with Crippen molar-refractivity contribution in [1.29, 1.82) is 0 Å². The second-order valence-corrected chi connectivity index (χ2v) is 4.56. The summed E-state index contributed by atoms with van der Waals surface area (Å²) >= 11 is 0. The van der Waals surface area contributed by atoms with Crippen molar-refractivity contribution in [2.45, 2.75) is 39.8 Å². The number of ether oxygens (including phenoxy) is 1. The molecule has 4 nitrogen and oxygen atoms in total. The van der Waals surface area contributed by atoms with Gasteiger partial charge in [-0.25, -0.2) is 9.18 Å². The van der Waals surface area contributed by atoms with Gasteiger partial charge in [0.05, 0.1) is 6.10 Å². The lowest BCUT2D eigenvalue weighted by Gasteiger charge is -2.13. The van der Waals surface area contributed by atoms with Gasteiger partial charge in [0.15, 0.2) is 11.6 Å². The number of hydrogen-bond donors (Lipinski definition) is 2. The Labute approximate surface area is 107 Å². The molecule has 2 amide bonds. The molecule has 0 atom stereocenters. The zero-order chi connectivity index (χ0) is 13.7. The quantitative estimate of drug-likeness (QED) is 0.867. The Kier molecular flexibility index (Phi) is 4.95. The molecule has 2 N–H and O–H groups in total. The third kappa shape index (κ3) is 4.61. The van der Waals surface area contributed by atoms with Crippen molar-refractivity contribution in [3.63, 3.8) is 0 Å². The molecule has 18 heavy (non-hydrogen) atoms. The van der Waals surface area contributed by atoms with Crippen molar-refractivity contribution < 1.29 is 13.9 Å². The highest BCUT2D eigenvalue weighted by molar-refractivity contribution is 5.89. The maximum absolute atomic E-state index is 13.6. The highest BCUT2D eigenvalue weighted by atomic mass is 19.1. The molecule has 0 spiro atoms. The summed E-state index contributed by atoms with van der Waals surface area (Å²) in [5, 5.41) is 5.20. The Morgan fingerprint density at radius 1 is 1.28 bits per heavy atom. The topological polar surface area (TPSA) is 50.4 Å². The average molecular weight is 254 g/mol. The molecule has 0 radical (unpaired) electrons. The van der Waals surface area contributed by atoms with Gasteiger partial charge in [-0.2, -0.15) is 0 Å². The number of urea groups is 1. The third-order valence-electron chi connectivity index (χ3n) is 1.97. The second-order valence-electron chi connectivity index (χ2n) is 4.56. The van der Waals surface area contributed by atoms with Crippen LogP contribution in [0, 0.1) is 5.82 Å². The van der Waals surface area contributed by atoms with E-state index in [9.17, 15) is 9.18 Å². The minimum atomic E-state index is -0.494. The Balaban J connectivity index is 2.69. The first kappa shape index (κ1) is 14.3. The van der Waals surface area contributed by atoms with Crippen LogP contribution in [0.4, 0.5) is 14.9 Å². The number of anilines is 1. The molecule has 1 rings (SSSR count). The molecule has 1 aromatic rings. The van der Waals surface area contributed by atoms with Crippen LogP contribution in [-0.2, 0) is 0 Å². The van der Waals surface area contributed by atoms with Gasteiger partial charge in [-0.1, -0.05) is 0 Å². The predicted molar refractivity (Wildman–Crippen MR) is 69.5 cm³/mol. The van der Waals surface area contributed by atoms with Crippen LogP contribution in [-0.4, -0.2) is 18.2 Å². The molecular formula is C13H19FN2O2. The van der Waals surface area contributed by atoms with Crippen LogP contribution in [0.3, 0.4) is 0 Å². The third-order valence-corrected chi connectivity index (χ3v) is 1.97. The molecule has 0 aliphatic carbocycles. The van der Waals surface area contributed by atoms with Crippen LogP contribution in [0.15, 0.2) is 18.2 Å². The first-order valence-electron chi connectivity index (χ1n) is 5.92. The van der Waals surface area contributed by atoms with Crippen molar-refractivity contribution >= 4 is 11.7 Å². The van der Waals surface area contributed by atoms with Crippen LogP contribution < -0.4 is 15.4 Å². The SMILES string of the molecule is CC(C)NC(=O)Nc1ccc(OC(C)C)c(F)c1. The maximum Gasteiger partial charge on any atom is 0.319 e. The predicted octanol–water partition coefficient (Wildman–Crippen LogP) is 3.14. The molecule has 0 saturated heterocycles. The van der Waals surface area contributed by atoms with Crippen LogP contribution in [0.1, 0.15) is 27.7 Å². The van der Waals surface area contributed by atoms with Gasteiger partial charge in [0.25, 0.3) is 0 Å². The van der Waals surface area contributed by atoms with Crippen molar-refractivity contribution in [3.8, 4) is 5.75 Å². The van der Waals surface area contributed by atoms with Crippen molar-refractivity contribution in [1.82, 2.24) is 5.32 Å². The van der Waals surface area contributed by atoms with E-state index < -0.39 is 5.82 Å². The van der Waals surface area contributed by atoms with E-state index in [0.717, 1.165) is 0 Å². The Bertz CT molecular complexity index is 419. The van der Waals surface area contributed by atoms with Gasteiger partial charge in [-0.3, -0.25) is 0 Å². The molecule has 100 valence electrons. The highest BCUT2D eigenvalue weighted by Gasteiger charge is 2.08. The van der Waals surface area contributed by atoms with Gasteiger partial charge in [-0.15, -0.1) is 0 Å². The average Bonchev–Trinajstić information content (AvgIpc) is 2.20. The summed E-state index contributed by atoms with van der Waals surface area (Å²) in [6.07, 6.45) is -0.0949. The van der Waals surface area contributed by atoms with Crippen LogP contribution >= 0.6 is 0 Å². The first-order valence-corrected chi connectivity index (χ1v) is 5.92. The molecule has 0 aromatic heterocycles. The number of hydrogen-bond acceptors (Lipinski definition) is 2. The lowest BCUT2D eigenvalue weighted by molar-refractivity contribution is 0.231. The van der Waals surface area contributed by atoms with Gasteiger partial charge < -0.3 is 15.4 Å². The first-order chi connectivity index (χ1) is 8.38. The summed E-state index contributed by atoms with van der Waals surface area (Å²) in [5.41, 5.74) is 0.391. The van der Waals surface area contributed by atoms with Gasteiger partial charge >= 0.3 is 6.03 Å². The molecular weight excluding hydrogens is 235 g/mol. The summed E-state index contributed by atoms with van der Waals surface area (Å²) in [4.78, 5) is 11.4. The lowest BCUT2D eigenvalue weighted by atomic mass is 10.3. The smallest absolute Gasteiger partial charge is 0.319 e. The summed E-state index contributed by atoms with van der Waals surface area (Å²) in [5.74, 6) is -0.314. The largest absolute Gasteiger partial charge is 0.488 e. The number of carbonyl (C=O) groups excluding carboxylic acids is 1. The number of rotatable bonds is 4. The molecule has 1 aromatic carbocycles. The van der Waals surface area contributed by atoms with E-state index in [4.69, 9.17) is 4.74 Å². The van der Waals surface area contributed by atoms with E-state index in [-0.39, 0.29) is 23.9 Å². The Hall–Kier alpha value is -1.78. The van der Waals surface area contributed by atoms with Crippen LogP contribution in [0.25, 0.3) is 0 Å². The van der Waals surface area contributed by atoms with Crippen molar-refractivity contribution in [2.24, 2.45) is 0 Å². The number of carbonyl (C=O) groups is 1. The summed E-state index contributed by atoms with van der Waals surface area (Å²) in [7, 11) is 0. The molecule has 0 saturated carbocycles. The molecule has 0 bridgehead atoms. The molecule has 0 fully saturated rings. The molecule has 0 aliphatic heterocycles. The summed E-state index contributed by atoms with van der Waals surface area (Å²) < 4.78 is 18.9. The standard InChI is InChI=1S/C13H19FN2O2/c1-8(2)15-13(17)16-10-5-6-12(11(14)7-10)18-9(3)4/h5-9H,1-4H3,(H2,15,16,17). The van der Waals surface area contributed by atoms with E-state index in [0.29, 0.717) is 5.69 Å². The molecule has 0 aliphatic rings. The van der Waals surface area contributed by atoms with Gasteiger partial charge in [0.2, 0.25) is 0 Å². The summed E-state index contributed by atoms with van der Waals surface area (Å²) in [6.45, 7) is 7.34. The van der Waals surface area contributed by atoms with E-state index >= 15 is 0 Å². The number of halogens is 1. The molecule has 0 heterocycles. The highest BCUT2D eigenvalue weighted by Crippen LogP contribution is 2.22. The van der Waals surface area contributed by atoms with E-state index in [1.165, 1.54) is 12.1 Å². The minimum Gasteiger partial charge on any atom is -0.488 e. The van der Waals surface area contributed by atoms with E-state index in [1.54, 1.807) is 6.07 Å².